The van der Waals surface area contributed by atoms with Crippen LogP contribution in [0.4, 0.5) is 4.79 Å². The second-order valence-corrected chi connectivity index (χ2v) is 6.95. The molecule has 0 fully saturated rings. The molecule has 124 valence electrons. The second-order valence-electron chi connectivity index (χ2n) is 6.11. The standard InChI is InChI=1S/C17H23N3O2S/c1-17(2,3)22-16(21)19-10-9-13-11-18-12-20(13)14-7-5-6-8-15(14)23-4/h5-8,11-12H,9-10H2,1-4H3,(H,19,21). The fourth-order valence-corrected chi connectivity index (χ4v) is 2.75. The normalized spacial score (nSPS) is 11.3. The molecule has 23 heavy (non-hydrogen) atoms. The minimum atomic E-state index is -0.483. The van der Waals surface area contributed by atoms with Crippen molar-refractivity contribution in [3.8, 4) is 5.69 Å². The lowest BCUT2D eigenvalue weighted by Gasteiger charge is -2.19. The van der Waals surface area contributed by atoms with Gasteiger partial charge in [-0.25, -0.2) is 9.78 Å². The first kappa shape index (κ1) is 17.4. The van der Waals surface area contributed by atoms with Gasteiger partial charge in [-0.1, -0.05) is 12.1 Å². The first-order valence-electron chi connectivity index (χ1n) is 7.52. The molecule has 2 aromatic rings. The highest BCUT2D eigenvalue weighted by atomic mass is 32.2. The molecule has 2 rings (SSSR count). The Morgan fingerprint density at radius 2 is 2.09 bits per heavy atom. The topological polar surface area (TPSA) is 56.2 Å². The van der Waals surface area contributed by atoms with Gasteiger partial charge in [-0.2, -0.15) is 0 Å². The van der Waals surface area contributed by atoms with E-state index in [1.54, 1.807) is 18.1 Å². The van der Waals surface area contributed by atoms with Crippen LogP contribution >= 0.6 is 11.8 Å². The fourth-order valence-electron chi connectivity index (χ4n) is 2.16. The van der Waals surface area contributed by atoms with Gasteiger partial charge in [-0.15, -0.1) is 11.8 Å². The molecular weight excluding hydrogens is 310 g/mol. The molecule has 1 aromatic heterocycles. The van der Waals surface area contributed by atoms with Crippen molar-refractivity contribution in [1.29, 1.82) is 0 Å². The highest BCUT2D eigenvalue weighted by Gasteiger charge is 2.16. The summed E-state index contributed by atoms with van der Waals surface area (Å²) >= 11 is 1.70. The largest absolute Gasteiger partial charge is 0.444 e. The van der Waals surface area contributed by atoms with Gasteiger partial charge in [0.05, 0.1) is 12.0 Å². The molecule has 1 heterocycles. The van der Waals surface area contributed by atoms with Gasteiger partial charge < -0.3 is 14.6 Å². The van der Waals surface area contributed by atoms with Gasteiger partial charge in [0.25, 0.3) is 0 Å². The molecule has 0 saturated carbocycles. The predicted octanol–water partition coefficient (Wildman–Crippen LogP) is 3.66. The number of thioether (sulfide) groups is 1. The number of nitrogens with zero attached hydrogens (tertiary/aromatic N) is 2. The highest BCUT2D eigenvalue weighted by Crippen LogP contribution is 2.24. The Labute approximate surface area is 141 Å². The van der Waals surface area contributed by atoms with Crippen LogP contribution in [0, 0.1) is 0 Å². The zero-order valence-corrected chi connectivity index (χ0v) is 14.8. The molecular formula is C17H23N3O2S. The molecule has 0 saturated heterocycles. The fraction of sp³-hybridized carbons (Fsp3) is 0.412. The second kappa shape index (κ2) is 7.55. The number of carbonyl (C=O) groups excluding carboxylic acids is 1. The maximum absolute atomic E-state index is 11.7. The number of amides is 1. The monoisotopic (exact) mass is 333 g/mol. The van der Waals surface area contributed by atoms with E-state index in [0.29, 0.717) is 13.0 Å². The number of imidazole rings is 1. The van der Waals surface area contributed by atoms with E-state index >= 15 is 0 Å². The first-order valence-corrected chi connectivity index (χ1v) is 8.74. The van der Waals surface area contributed by atoms with Crippen LogP contribution in [-0.2, 0) is 11.2 Å². The molecule has 1 amide bonds. The molecule has 0 radical (unpaired) electrons. The van der Waals surface area contributed by atoms with E-state index in [1.807, 2.05) is 39.1 Å². The van der Waals surface area contributed by atoms with Gasteiger partial charge >= 0.3 is 6.09 Å². The molecule has 5 nitrogen and oxygen atoms in total. The number of aromatic nitrogens is 2. The zero-order chi connectivity index (χ0) is 16.9. The van der Waals surface area contributed by atoms with E-state index in [1.165, 1.54) is 4.90 Å². The zero-order valence-electron chi connectivity index (χ0n) is 14.0. The third-order valence-corrected chi connectivity index (χ3v) is 3.89. The smallest absolute Gasteiger partial charge is 0.407 e. The van der Waals surface area contributed by atoms with Crippen molar-refractivity contribution in [2.45, 2.75) is 37.7 Å². The number of alkyl carbamates (subject to hydrolysis) is 1. The van der Waals surface area contributed by atoms with Gasteiger partial charge in [-0.05, 0) is 39.2 Å². The van der Waals surface area contributed by atoms with Crippen LogP contribution in [0.2, 0.25) is 0 Å². The average molecular weight is 333 g/mol. The van der Waals surface area contributed by atoms with Gasteiger partial charge in [0, 0.05) is 29.8 Å². The molecule has 0 aliphatic carbocycles. The number of carbonyl (C=O) groups is 1. The molecule has 0 unspecified atom stereocenters. The average Bonchev–Trinajstić information content (AvgIpc) is 2.93. The number of para-hydroxylation sites is 1. The summed E-state index contributed by atoms with van der Waals surface area (Å²) in [5.74, 6) is 0. The lowest BCUT2D eigenvalue weighted by molar-refractivity contribution is 0.0528. The van der Waals surface area contributed by atoms with Crippen LogP contribution in [0.5, 0.6) is 0 Å². The van der Waals surface area contributed by atoms with E-state index in [9.17, 15) is 4.79 Å². The van der Waals surface area contributed by atoms with Crippen molar-refractivity contribution in [2.24, 2.45) is 0 Å². The van der Waals surface area contributed by atoms with Crippen LogP contribution in [0.25, 0.3) is 5.69 Å². The van der Waals surface area contributed by atoms with Crippen LogP contribution < -0.4 is 5.32 Å². The lowest BCUT2D eigenvalue weighted by Crippen LogP contribution is -2.33. The van der Waals surface area contributed by atoms with Crippen LogP contribution in [0.1, 0.15) is 26.5 Å². The van der Waals surface area contributed by atoms with Gasteiger partial charge in [0.2, 0.25) is 0 Å². The molecule has 1 N–H and O–H groups in total. The Morgan fingerprint density at radius 1 is 1.35 bits per heavy atom. The van der Waals surface area contributed by atoms with Crippen LogP contribution in [-0.4, -0.2) is 34.0 Å². The predicted molar refractivity (Wildman–Crippen MR) is 93.3 cm³/mol. The highest BCUT2D eigenvalue weighted by molar-refractivity contribution is 7.98. The van der Waals surface area contributed by atoms with Crippen molar-refractivity contribution >= 4 is 17.9 Å². The van der Waals surface area contributed by atoms with Crippen molar-refractivity contribution in [3.05, 3.63) is 42.5 Å². The Morgan fingerprint density at radius 3 is 2.78 bits per heavy atom. The lowest BCUT2D eigenvalue weighted by atomic mass is 10.2. The summed E-state index contributed by atoms with van der Waals surface area (Å²) in [6, 6.07) is 8.19. The van der Waals surface area contributed by atoms with E-state index in [4.69, 9.17) is 4.74 Å². The minimum absolute atomic E-state index is 0.395. The molecule has 1 aromatic carbocycles. The number of rotatable bonds is 5. The number of nitrogens with one attached hydrogen (secondary N) is 1. The Hall–Kier alpha value is -1.95. The molecule has 0 spiro atoms. The summed E-state index contributed by atoms with van der Waals surface area (Å²) in [5.41, 5.74) is 1.66. The molecule has 0 atom stereocenters. The van der Waals surface area contributed by atoms with Gasteiger partial charge in [0.1, 0.15) is 5.60 Å². The SMILES string of the molecule is CSc1ccccc1-n1cncc1CCNC(=O)OC(C)(C)C. The van der Waals surface area contributed by atoms with E-state index in [-0.39, 0.29) is 0 Å². The Bertz CT molecular complexity index is 662. The van der Waals surface area contributed by atoms with E-state index < -0.39 is 11.7 Å². The summed E-state index contributed by atoms with van der Waals surface area (Å²) in [6.45, 7) is 6.05. The number of benzene rings is 1. The van der Waals surface area contributed by atoms with Crippen LogP contribution in [0.15, 0.2) is 41.7 Å². The number of hydrogen-bond acceptors (Lipinski definition) is 4. The Balaban J connectivity index is 2.01. The van der Waals surface area contributed by atoms with Crippen molar-refractivity contribution in [3.63, 3.8) is 0 Å². The molecule has 0 bridgehead atoms. The number of ether oxygens (including phenoxy) is 1. The van der Waals surface area contributed by atoms with Crippen molar-refractivity contribution in [2.75, 3.05) is 12.8 Å². The molecule has 0 aliphatic heterocycles. The van der Waals surface area contributed by atoms with Gasteiger partial charge in [0.15, 0.2) is 0 Å². The van der Waals surface area contributed by atoms with Crippen molar-refractivity contribution in [1.82, 2.24) is 14.9 Å². The molecule has 0 aliphatic rings. The first-order chi connectivity index (χ1) is 10.9. The third kappa shape index (κ3) is 5.03. The minimum Gasteiger partial charge on any atom is -0.444 e. The summed E-state index contributed by atoms with van der Waals surface area (Å²) in [5, 5.41) is 2.78. The third-order valence-electron chi connectivity index (χ3n) is 3.11. The summed E-state index contributed by atoms with van der Waals surface area (Å²) in [4.78, 5) is 17.1. The Kier molecular flexibility index (Phi) is 5.71. The van der Waals surface area contributed by atoms with Crippen molar-refractivity contribution < 1.29 is 9.53 Å². The maximum Gasteiger partial charge on any atom is 0.407 e. The van der Waals surface area contributed by atoms with E-state index in [2.05, 4.69) is 33.3 Å². The number of hydrogen-bond donors (Lipinski definition) is 1. The van der Waals surface area contributed by atoms with Gasteiger partial charge in [-0.3, -0.25) is 0 Å². The summed E-state index contributed by atoms with van der Waals surface area (Å²) < 4.78 is 7.29. The van der Waals surface area contributed by atoms with E-state index in [0.717, 1.165) is 11.4 Å². The van der Waals surface area contributed by atoms with Crippen LogP contribution in [0.3, 0.4) is 0 Å². The summed E-state index contributed by atoms with van der Waals surface area (Å²) in [6.07, 6.45) is 5.97. The molecule has 6 heteroatoms. The summed E-state index contributed by atoms with van der Waals surface area (Å²) in [7, 11) is 0. The maximum atomic E-state index is 11.7. The quantitative estimate of drug-likeness (QED) is 0.848.